The highest BCUT2D eigenvalue weighted by molar-refractivity contribution is 6.30. The minimum atomic E-state index is 0.584. The van der Waals surface area contributed by atoms with Crippen molar-refractivity contribution in [2.75, 3.05) is 5.32 Å². The van der Waals surface area contributed by atoms with E-state index in [1.807, 2.05) is 60.0 Å². The number of benzene rings is 2. The standard InChI is InChI=1S/C21H16ClN5/c1-14-25-26-21-20(24-12-16-4-2-3-15(9-16)11-23)10-18(13-27(14)21)17-5-7-19(22)8-6-17/h2-10,13,24H,12H2,1H3. The summed E-state index contributed by atoms with van der Waals surface area (Å²) < 4.78 is 1.97. The molecule has 132 valence electrons. The molecule has 0 aliphatic carbocycles. The zero-order valence-electron chi connectivity index (χ0n) is 14.6. The van der Waals surface area contributed by atoms with Crippen molar-refractivity contribution < 1.29 is 0 Å². The number of hydrogen-bond donors (Lipinski definition) is 1. The van der Waals surface area contributed by atoms with Crippen LogP contribution in [0.3, 0.4) is 0 Å². The van der Waals surface area contributed by atoms with Gasteiger partial charge in [0.15, 0.2) is 5.65 Å². The third-order valence-corrected chi connectivity index (χ3v) is 4.64. The van der Waals surface area contributed by atoms with Crippen LogP contribution in [0.2, 0.25) is 5.02 Å². The SMILES string of the molecule is Cc1nnc2c(NCc3cccc(C#N)c3)cc(-c3ccc(Cl)cc3)cn12. The van der Waals surface area contributed by atoms with Crippen molar-refractivity contribution in [3.05, 3.63) is 82.8 Å². The molecule has 6 heteroatoms. The largest absolute Gasteiger partial charge is 0.378 e. The van der Waals surface area contributed by atoms with Crippen molar-refractivity contribution in [3.63, 3.8) is 0 Å². The Balaban J connectivity index is 1.72. The van der Waals surface area contributed by atoms with Gasteiger partial charge in [0, 0.05) is 23.3 Å². The topological polar surface area (TPSA) is 66.0 Å². The summed E-state index contributed by atoms with van der Waals surface area (Å²) in [6, 6.07) is 19.5. The number of halogens is 1. The summed E-state index contributed by atoms with van der Waals surface area (Å²) in [4.78, 5) is 0. The number of fused-ring (bicyclic) bond motifs is 1. The molecule has 1 N–H and O–H groups in total. The maximum atomic E-state index is 9.07. The lowest BCUT2D eigenvalue weighted by Gasteiger charge is -2.11. The molecule has 2 aromatic carbocycles. The molecule has 0 bridgehead atoms. The second-order valence-electron chi connectivity index (χ2n) is 6.26. The van der Waals surface area contributed by atoms with E-state index in [2.05, 4.69) is 27.6 Å². The highest BCUT2D eigenvalue weighted by atomic mass is 35.5. The second kappa shape index (κ2) is 7.10. The summed E-state index contributed by atoms with van der Waals surface area (Å²) in [5, 5.41) is 21.7. The van der Waals surface area contributed by atoms with Crippen LogP contribution in [0.1, 0.15) is 17.0 Å². The van der Waals surface area contributed by atoms with Crippen LogP contribution in [-0.2, 0) is 6.54 Å². The van der Waals surface area contributed by atoms with E-state index in [1.165, 1.54) is 0 Å². The Hall–Kier alpha value is -3.36. The molecule has 0 unspecified atom stereocenters. The van der Waals surface area contributed by atoms with Gasteiger partial charge in [-0.2, -0.15) is 5.26 Å². The van der Waals surface area contributed by atoms with Gasteiger partial charge in [-0.1, -0.05) is 35.9 Å². The Morgan fingerprint density at radius 1 is 1.07 bits per heavy atom. The molecule has 5 nitrogen and oxygen atoms in total. The quantitative estimate of drug-likeness (QED) is 0.555. The number of pyridine rings is 1. The van der Waals surface area contributed by atoms with Gasteiger partial charge in [0.2, 0.25) is 0 Å². The Labute approximate surface area is 161 Å². The lowest BCUT2D eigenvalue weighted by Crippen LogP contribution is -2.03. The van der Waals surface area contributed by atoms with Crippen LogP contribution in [0.25, 0.3) is 16.8 Å². The minimum Gasteiger partial charge on any atom is -0.378 e. The minimum absolute atomic E-state index is 0.584. The highest BCUT2D eigenvalue weighted by Crippen LogP contribution is 2.27. The molecular weight excluding hydrogens is 358 g/mol. The normalized spacial score (nSPS) is 10.7. The Morgan fingerprint density at radius 2 is 1.89 bits per heavy atom. The zero-order valence-corrected chi connectivity index (χ0v) is 15.4. The summed E-state index contributed by atoms with van der Waals surface area (Å²) in [5.41, 5.74) is 5.42. The summed E-state index contributed by atoms with van der Waals surface area (Å²) >= 11 is 6.02. The molecule has 2 heterocycles. The number of hydrogen-bond acceptors (Lipinski definition) is 4. The maximum Gasteiger partial charge on any atom is 0.184 e. The van der Waals surface area contributed by atoms with Crippen LogP contribution >= 0.6 is 11.6 Å². The smallest absolute Gasteiger partial charge is 0.184 e. The van der Waals surface area contributed by atoms with Gasteiger partial charge in [0.1, 0.15) is 5.82 Å². The fourth-order valence-electron chi connectivity index (χ4n) is 2.98. The van der Waals surface area contributed by atoms with Crippen LogP contribution in [0, 0.1) is 18.3 Å². The van der Waals surface area contributed by atoms with Gasteiger partial charge < -0.3 is 5.32 Å². The Kier molecular flexibility index (Phi) is 4.49. The van der Waals surface area contributed by atoms with Gasteiger partial charge in [-0.05, 0) is 48.4 Å². The van der Waals surface area contributed by atoms with Crippen LogP contribution in [0.5, 0.6) is 0 Å². The summed E-state index contributed by atoms with van der Waals surface area (Å²) in [6.45, 7) is 2.51. The first-order chi connectivity index (χ1) is 13.1. The Morgan fingerprint density at radius 3 is 2.67 bits per heavy atom. The molecule has 4 rings (SSSR count). The molecule has 0 atom stereocenters. The molecule has 0 aliphatic rings. The molecule has 0 radical (unpaired) electrons. The van der Waals surface area contributed by atoms with Crippen LogP contribution in [-0.4, -0.2) is 14.6 Å². The van der Waals surface area contributed by atoms with E-state index < -0.39 is 0 Å². The van der Waals surface area contributed by atoms with Gasteiger partial charge >= 0.3 is 0 Å². The number of anilines is 1. The molecule has 4 aromatic rings. The highest BCUT2D eigenvalue weighted by Gasteiger charge is 2.11. The zero-order chi connectivity index (χ0) is 18.8. The lowest BCUT2D eigenvalue weighted by atomic mass is 10.1. The number of rotatable bonds is 4. The molecule has 0 spiro atoms. The van der Waals surface area contributed by atoms with Crippen molar-refractivity contribution >= 4 is 22.9 Å². The predicted octanol–water partition coefficient (Wildman–Crippen LogP) is 4.84. The number of nitrogens with zero attached hydrogens (tertiary/aromatic N) is 4. The first-order valence-electron chi connectivity index (χ1n) is 8.48. The van der Waals surface area contributed by atoms with Crippen molar-refractivity contribution in [1.82, 2.24) is 14.6 Å². The van der Waals surface area contributed by atoms with Crippen LogP contribution in [0.4, 0.5) is 5.69 Å². The third kappa shape index (κ3) is 3.48. The first-order valence-corrected chi connectivity index (χ1v) is 8.86. The van der Waals surface area contributed by atoms with Crippen LogP contribution < -0.4 is 5.32 Å². The van der Waals surface area contributed by atoms with Gasteiger partial charge in [0.05, 0.1) is 17.3 Å². The van der Waals surface area contributed by atoms with E-state index in [0.29, 0.717) is 17.1 Å². The first kappa shape index (κ1) is 17.1. The van der Waals surface area contributed by atoms with E-state index in [1.54, 1.807) is 6.07 Å². The number of aryl methyl sites for hydroxylation is 1. The molecule has 2 aromatic heterocycles. The number of nitrogens with one attached hydrogen (secondary N) is 1. The lowest BCUT2D eigenvalue weighted by molar-refractivity contribution is 1.01. The summed E-state index contributed by atoms with van der Waals surface area (Å²) in [7, 11) is 0. The van der Waals surface area contributed by atoms with E-state index in [0.717, 1.165) is 33.8 Å². The van der Waals surface area contributed by atoms with E-state index in [9.17, 15) is 0 Å². The average Bonchev–Trinajstić information content (AvgIpc) is 3.08. The van der Waals surface area contributed by atoms with E-state index >= 15 is 0 Å². The number of aromatic nitrogens is 3. The Bertz CT molecular complexity index is 1160. The van der Waals surface area contributed by atoms with Crippen molar-refractivity contribution in [3.8, 4) is 17.2 Å². The molecule has 0 fully saturated rings. The van der Waals surface area contributed by atoms with Crippen LogP contribution in [0.15, 0.2) is 60.8 Å². The molecular formula is C21H16ClN5. The molecule has 0 aliphatic heterocycles. The summed E-state index contributed by atoms with van der Waals surface area (Å²) in [6.07, 6.45) is 2.02. The molecule has 27 heavy (non-hydrogen) atoms. The van der Waals surface area contributed by atoms with Crippen molar-refractivity contribution in [1.29, 1.82) is 5.26 Å². The van der Waals surface area contributed by atoms with Crippen molar-refractivity contribution in [2.45, 2.75) is 13.5 Å². The van der Waals surface area contributed by atoms with E-state index in [-0.39, 0.29) is 0 Å². The average molecular weight is 374 g/mol. The van der Waals surface area contributed by atoms with Gasteiger partial charge in [-0.3, -0.25) is 4.40 Å². The van der Waals surface area contributed by atoms with Crippen molar-refractivity contribution in [2.24, 2.45) is 0 Å². The monoisotopic (exact) mass is 373 g/mol. The van der Waals surface area contributed by atoms with Gasteiger partial charge in [-0.25, -0.2) is 0 Å². The fraction of sp³-hybridized carbons (Fsp3) is 0.0952. The number of nitriles is 1. The molecule has 0 saturated heterocycles. The second-order valence-corrected chi connectivity index (χ2v) is 6.69. The molecule has 0 amide bonds. The fourth-order valence-corrected chi connectivity index (χ4v) is 3.11. The van der Waals surface area contributed by atoms with Gasteiger partial charge in [-0.15, -0.1) is 10.2 Å². The third-order valence-electron chi connectivity index (χ3n) is 4.39. The van der Waals surface area contributed by atoms with Gasteiger partial charge in [0.25, 0.3) is 0 Å². The maximum absolute atomic E-state index is 9.07. The summed E-state index contributed by atoms with van der Waals surface area (Å²) in [5.74, 6) is 0.815. The molecule has 0 saturated carbocycles. The predicted molar refractivity (Wildman–Crippen MR) is 107 cm³/mol. The van der Waals surface area contributed by atoms with E-state index in [4.69, 9.17) is 16.9 Å².